The van der Waals surface area contributed by atoms with Gasteiger partial charge in [0.05, 0.1) is 16.1 Å². The van der Waals surface area contributed by atoms with E-state index in [4.69, 9.17) is 5.10 Å². The molecule has 0 aliphatic heterocycles. The van der Waals surface area contributed by atoms with Crippen molar-refractivity contribution in [3.05, 3.63) is 102 Å². The number of benzene rings is 1. The Balaban J connectivity index is 1.44. The van der Waals surface area contributed by atoms with Crippen molar-refractivity contribution in [2.24, 2.45) is 0 Å². The Morgan fingerprint density at radius 1 is 0.968 bits per heavy atom. The number of thiophene rings is 1. The van der Waals surface area contributed by atoms with Gasteiger partial charge in [0.2, 0.25) is 0 Å². The maximum absolute atomic E-state index is 13.2. The molecule has 0 atom stereocenters. The topological polar surface area (TPSA) is 77.6 Å². The molecule has 7 nitrogen and oxygen atoms in total. The summed E-state index contributed by atoms with van der Waals surface area (Å²) >= 11 is 1.55. The first-order chi connectivity index (χ1) is 15.3. The lowest BCUT2D eigenvalue weighted by atomic mass is 10.2. The Labute approximate surface area is 182 Å². The molecule has 5 rings (SSSR count). The van der Waals surface area contributed by atoms with Crippen LogP contribution in [0.25, 0.3) is 22.1 Å². The van der Waals surface area contributed by atoms with Gasteiger partial charge in [-0.1, -0.05) is 30.3 Å². The van der Waals surface area contributed by atoms with Crippen molar-refractivity contribution in [1.82, 2.24) is 29.9 Å². The van der Waals surface area contributed by atoms with Crippen molar-refractivity contribution < 1.29 is 4.79 Å². The Bertz CT molecular complexity index is 1290. The largest absolute Gasteiger partial charge is 0.348 e. The molecule has 1 amide bonds. The van der Waals surface area contributed by atoms with E-state index in [0.29, 0.717) is 23.6 Å². The van der Waals surface area contributed by atoms with Gasteiger partial charge in [-0.3, -0.25) is 4.79 Å². The number of nitrogens with zero attached hydrogens (tertiary/aromatic N) is 5. The first-order valence-electron chi connectivity index (χ1n) is 9.70. The van der Waals surface area contributed by atoms with Gasteiger partial charge in [0.25, 0.3) is 5.91 Å². The first kappa shape index (κ1) is 19.0. The van der Waals surface area contributed by atoms with E-state index in [-0.39, 0.29) is 5.91 Å². The highest BCUT2D eigenvalue weighted by molar-refractivity contribution is 7.13. The Kier molecular flexibility index (Phi) is 5.12. The molecular weight excluding hydrogens is 408 g/mol. The van der Waals surface area contributed by atoms with Crippen molar-refractivity contribution in [1.29, 1.82) is 0 Å². The predicted octanol–water partition coefficient (Wildman–Crippen LogP) is 4.11. The first-order valence-corrected chi connectivity index (χ1v) is 10.6. The number of nitrogens with one attached hydrogen (secondary N) is 1. The average Bonchev–Trinajstić information content (AvgIpc) is 3.59. The third-order valence-electron chi connectivity index (χ3n) is 4.76. The lowest BCUT2D eigenvalue weighted by Gasteiger charge is -2.09. The van der Waals surface area contributed by atoms with Crippen LogP contribution in [-0.2, 0) is 6.54 Å². The second-order valence-corrected chi connectivity index (χ2v) is 7.72. The van der Waals surface area contributed by atoms with Gasteiger partial charge < -0.3 is 5.32 Å². The van der Waals surface area contributed by atoms with Crippen LogP contribution in [0.1, 0.15) is 15.9 Å². The third kappa shape index (κ3) is 3.88. The SMILES string of the molecule is O=C(NCc1cccnc1-n1cccn1)c1cn(-c2ccccc2)nc1-c1cccs1. The summed E-state index contributed by atoms with van der Waals surface area (Å²) in [4.78, 5) is 18.5. The molecule has 0 aliphatic rings. The highest BCUT2D eigenvalue weighted by atomic mass is 32.1. The third-order valence-corrected chi connectivity index (χ3v) is 5.64. The number of carbonyl (C=O) groups is 1. The van der Waals surface area contributed by atoms with E-state index in [1.165, 1.54) is 0 Å². The van der Waals surface area contributed by atoms with Crippen LogP contribution < -0.4 is 5.32 Å². The second kappa shape index (κ2) is 8.37. The highest BCUT2D eigenvalue weighted by Crippen LogP contribution is 2.28. The number of carbonyl (C=O) groups excluding carboxylic acids is 1. The van der Waals surface area contributed by atoms with Crippen LogP contribution in [0.15, 0.2) is 90.8 Å². The van der Waals surface area contributed by atoms with Gasteiger partial charge in [0.15, 0.2) is 5.82 Å². The van der Waals surface area contributed by atoms with Gasteiger partial charge in [0, 0.05) is 36.9 Å². The predicted molar refractivity (Wildman–Crippen MR) is 119 cm³/mol. The Morgan fingerprint density at radius 3 is 2.65 bits per heavy atom. The zero-order chi connectivity index (χ0) is 21.0. The maximum atomic E-state index is 13.2. The minimum Gasteiger partial charge on any atom is -0.348 e. The van der Waals surface area contributed by atoms with Crippen molar-refractivity contribution in [2.45, 2.75) is 6.54 Å². The molecule has 31 heavy (non-hydrogen) atoms. The number of amides is 1. The molecular formula is C23H18N6OS. The lowest BCUT2D eigenvalue weighted by Crippen LogP contribution is -2.24. The second-order valence-electron chi connectivity index (χ2n) is 6.77. The zero-order valence-electron chi connectivity index (χ0n) is 16.4. The molecule has 1 aromatic carbocycles. The van der Waals surface area contributed by atoms with Gasteiger partial charge in [0.1, 0.15) is 5.69 Å². The van der Waals surface area contributed by atoms with Crippen LogP contribution in [0.5, 0.6) is 0 Å². The van der Waals surface area contributed by atoms with Crippen LogP contribution in [0, 0.1) is 0 Å². The Hall–Kier alpha value is -4.04. The van der Waals surface area contributed by atoms with Crippen molar-refractivity contribution in [3.63, 3.8) is 0 Å². The fourth-order valence-electron chi connectivity index (χ4n) is 3.29. The molecule has 5 aromatic rings. The number of hydrogen-bond donors (Lipinski definition) is 1. The summed E-state index contributed by atoms with van der Waals surface area (Å²) < 4.78 is 3.43. The molecule has 1 N–H and O–H groups in total. The van der Waals surface area contributed by atoms with Gasteiger partial charge in [-0.2, -0.15) is 10.2 Å². The summed E-state index contributed by atoms with van der Waals surface area (Å²) in [6, 6.07) is 19.3. The quantitative estimate of drug-likeness (QED) is 0.443. The summed E-state index contributed by atoms with van der Waals surface area (Å²) in [5.74, 6) is 0.493. The maximum Gasteiger partial charge on any atom is 0.255 e. The lowest BCUT2D eigenvalue weighted by molar-refractivity contribution is 0.0951. The number of rotatable bonds is 6. The molecule has 0 unspecified atom stereocenters. The fourth-order valence-corrected chi connectivity index (χ4v) is 4.01. The van der Waals surface area contributed by atoms with E-state index in [9.17, 15) is 4.79 Å². The van der Waals surface area contributed by atoms with Crippen molar-refractivity contribution in [2.75, 3.05) is 0 Å². The summed E-state index contributed by atoms with van der Waals surface area (Å²) in [5, 5.41) is 13.9. The Morgan fingerprint density at radius 2 is 1.87 bits per heavy atom. The molecule has 0 saturated heterocycles. The molecule has 0 bridgehead atoms. The van der Waals surface area contributed by atoms with Gasteiger partial charge >= 0.3 is 0 Å². The molecule has 0 fully saturated rings. The summed E-state index contributed by atoms with van der Waals surface area (Å²) in [7, 11) is 0. The zero-order valence-corrected chi connectivity index (χ0v) is 17.2. The van der Waals surface area contributed by atoms with E-state index in [0.717, 1.165) is 16.1 Å². The minimum atomic E-state index is -0.194. The van der Waals surface area contributed by atoms with Crippen molar-refractivity contribution in [3.8, 4) is 22.1 Å². The van der Waals surface area contributed by atoms with Crippen LogP contribution in [-0.4, -0.2) is 30.5 Å². The van der Waals surface area contributed by atoms with Gasteiger partial charge in [-0.05, 0) is 35.7 Å². The van der Waals surface area contributed by atoms with E-state index >= 15 is 0 Å². The minimum absolute atomic E-state index is 0.194. The van der Waals surface area contributed by atoms with Crippen molar-refractivity contribution >= 4 is 17.2 Å². The van der Waals surface area contributed by atoms with E-state index in [1.54, 1.807) is 39.3 Å². The monoisotopic (exact) mass is 426 g/mol. The molecule has 4 aromatic heterocycles. The molecule has 8 heteroatoms. The number of hydrogen-bond acceptors (Lipinski definition) is 5. The fraction of sp³-hybridized carbons (Fsp3) is 0.0435. The molecule has 152 valence electrons. The van der Waals surface area contributed by atoms with Crippen LogP contribution in [0.3, 0.4) is 0 Å². The molecule has 0 aliphatic carbocycles. The smallest absolute Gasteiger partial charge is 0.255 e. The summed E-state index contributed by atoms with van der Waals surface area (Å²) in [5.41, 5.74) is 2.95. The number of aromatic nitrogens is 5. The van der Waals surface area contributed by atoms with E-state index in [2.05, 4.69) is 15.4 Å². The van der Waals surface area contributed by atoms with Crippen LogP contribution in [0.2, 0.25) is 0 Å². The van der Waals surface area contributed by atoms with Gasteiger partial charge in [-0.15, -0.1) is 11.3 Å². The van der Waals surface area contributed by atoms with Crippen LogP contribution in [0.4, 0.5) is 0 Å². The molecule has 0 radical (unpaired) electrons. The normalized spacial score (nSPS) is 10.8. The van der Waals surface area contributed by atoms with Gasteiger partial charge in [-0.25, -0.2) is 14.3 Å². The molecule has 0 spiro atoms. The molecule has 4 heterocycles. The average molecular weight is 427 g/mol. The number of pyridine rings is 1. The summed E-state index contributed by atoms with van der Waals surface area (Å²) in [6.07, 6.45) is 7.01. The summed E-state index contributed by atoms with van der Waals surface area (Å²) in [6.45, 7) is 0.322. The molecule has 0 saturated carbocycles. The standard InChI is InChI=1S/C23H18N6OS/c30-23(25-15-17-7-4-11-24-22(17)28-13-6-12-26-28)19-16-29(18-8-2-1-3-9-18)27-21(19)20-10-5-14-31-20/h1-14,16H,15H2,(H,25,30). The highest BCUT2D eigenvalue weighted by Gasteiger charge is 2.19. The van der Waals surface area contributed by atoms with E-state index in [1.807, 2.05) is 72.2 Å². The van der Waals surface area contributed by atoms with E-state index < -0.39 is 0 Å². The number of para-hydroxylation sites is 1. The van der Waals surface area contributed by atoms with Crippen LogP contribution >= 0.6 is 11.3 Å².